The molecule has 22 heavy (non-hydrogen) atoms. The maximum absolute atomic E-state index is 11.9. The van der Waals surface area contributed by atoms with Crippen LogP contribution in [0.3, 0.4) is 0 Å². The molecule has 3 fully saturated rings. The van der Waals surface area contributed by atoms with Crippen molar-refractivity contribution in [2.45, 2.75) is 25.0 Å². The Labute approximate surface area is 130 Å². The molecule has 1 aromatic rings. The normalized spacial score (nSPS) is 28.4. The summed E-state index contributed by atoms with van der Waals surface area (Å²) in [6.45, 7) is 8.76. The molecule has 0 bridgehead atoms. The summed E-state index contributed by atoms with van der Waals surface area (Å²) in [4.78, 5) is 26.1. The Morgan fingerprint density at radius 3 is 3.09 bits per heavy atom. The van der Waals surface area contributed by atoms with Gasteiger partial charge in [-0.25, -0.2) is 4.98 Å². The first-order chi connectivity index (χ1) is 10.7. The summed E-state index contributed by atoms with van der Waals surface area (Å²) in [5.74, 6) is 0.177. The van der Waals surface area contributed by atoms with E-state index in [2.05, 4.69) is 19.8 Å². The van der Waals surface area contributed by atoms with E-state index in [0.29, 0.717) is 6.04 Å². The number of aromatic nitrogens is 2. The third-order valence-corrected chi connectivity index (χ3v) is 5.18. The number of hydrogen-bond donors (Lipinski definition) is 1. The van der Waals surface area contributed by atoms with Gasteiger partial charge in [0, 0.05) is 58.1 Å². The SMILES string of the molecule is CC(=O)N1C[C@@H]2COCCN2C2(CN(Cc3cnc[nH]3)C2)C1. The van der Waals surface area contributed by atoms with Crippen LogP contribution in [0.5, 0.6) is 0 Å². The van der Waals surface area contributed by atoms with Crippen LogP contribution >= 0.6 is 0 Å². The number of hydrogen-bond acceptors (Lipinski definition) is 5. The highest BCUT2D eigenvalue weighted by atomic mass is 16.5. The topological polar surface area (TPSA) is 64.7 Å². The summed E-state index contributed by atoms with van der Waals surface area (Å²) in [5, 5.41) is 0. The number of amides is 1. The third-order valence-electron chi connectivity index (χ3n) is 5.18. The van der Waals surface area contributed by atoms with Gasteiger partial charge >= 0.3 is 0 Å². The first kappa shape index (κ1) is 14.2. The fraction of sp³-hybridized carbons (Fsp3) is 0.733. The Balaban J connectivity index is 1.48. The number of rotatable bonds is 2. The molecule has 0 aliphatic carbocycles. The van der Waals surface area contributed by atoms with E-state index in [1.54, 1.807) is 13.3 Å². The van der Waals surface area contributed by atoms with Crippen molar-refractivity contribution in [2.75, 3.05) is 45.9 Å². The highest BCUT2D eigenvalue weighted by molar-refractivity contribution is 5.73. The van der Waals surface area contributed by atoms with Crippen molar-refractivity contribution in [2.24, 2.45) is 0 Å². The highest BCUT2D eigenvalue weighted by Gasteiger charge is 2.54. The molecular formula is C15H23N5O2. The molecule has 1 N–H and O–H groups in total. The molecular weight excluding hydrogens is 282 g/mol. The predicted octanol–water partition coefficient (Wildman–Crippen LogP) is -0.473. The summed E-state index contributed by atoms with van der Waals surface area (Å²) in [6.07, 6.45) is 3.60. The largest absolute Gasteiger partial charge is 0.378 e. The fourth-order valence-electron chi connectivity index (χ4n) is 4.23. The van der Waals surface area contributed by atoms with Crippen LogP contribution in [0.4, 0.5) is 0 Å². The minimum Gasteiger partial charge on any atom is -0.378 e. The minimum atomic E-state index is 0.110. The van der Waals surface area contributed by atoms with E-state index >= 15 is 0 Å². The highest BCUT2D eigenvalue weighted by Crippen LogP contribution is 2.36. The number of carbonyl (C=O) groups excluding carboxylic acids is 1. The van der Waals surface area contributed by atoms with Crippen molar-refractivity contribution in [3.8, 4) is 0 Å². The van der Waals surface area contributed by atoms with Gasteiger partial charge in [-0.3, -0.25) is 14.6 Å². The van der Waals surface area contributed by atoms with E-state index in [1.807, 2.05) is 11.1 Å². The lowest BCUT2D eigenvalue weighted by atomic mass is 9.82. The van der Waals surface area contributed by atoms with Gasteiger partial charge in [0.2, 0.25) is 5.91 Å². The average molecular weight is 305 g/mol. The Bertz CT molecular complexity index is 540. The Hall–Kier alpha value is -1.44. The zero-order chi connectivity index (χ0) is 15.2. The molecule has 1 amide bonds. The van der Waals surface area contributed by atoms with Crippen molar-refractivity contribution >= 4 is 5.91 Å². The second-order valence-corrected chi connectivity index (χ2v) is 6.77. The van der Waals surface area contributed by atoms with Crippen LogP contribution in [-0.2, 0) is 16.1 Å². The number of ether oxygens (including phenoxy) is 1. The van der Waals surface area contributed by atoms with Gasteiger partial charge in [0.25, 0.3) is 0 Å². The smallest absolute Gasteiger partial charge is 0.219 e. The van der Waals surface area contributed by atoms with E-state index in [1.165, 1.54) is 0 Å². The van der Waals surface area contributed by atoms with Crippen LogP contribution in [0, 0.1) is 0 Å². The Kier molecular flexibility index (Phi) is 3.43. The number of imidazole rings is 1. The number of fused-ring (bicyclic) bond motifs is 2. The number of aromatic amines is 1. The molecule has 3 aliphatic rings. The molecule has 7 nitrogen and oxygen atoms in total. The van der Waals surface area contributed by atoms with Crippen molar-refractivity contribution < 1.29 is 9.53 Å². The number of nitrogens with one attached hydrogen (secondary N) is 1. The van der Waals surface area contributed by atoms with E-state index < -0.39 is 0 Å². The maximum atomic E-state index is 11.9. The summed E-state index contributed by atoms with van der Waals surface area (Å²) in [6, 6.07) is 0.348. The van der Waals surface area contributed by atoms with E-state index in [-0.39, 0.29) is 11.4 Å². The molecule has 1 spiro atoms. The first-order valence-corrected chi connectivity index (χ1v) is 7.96. The standard InChI is InChI=1S/C15H23N5O2/c1-12(21)19-6-14-7-22-3-2-20(14)15(10-19)8-18(9-15)5-13-4-16-11-17-13/h4,11,14H,2-3,5-10H2,1H3,(H,16,17)/t14-/m1/s1. The second-order valence-electron chi connectivity index (χ2n) is 6.77. The lowest BCUT2D eigenvalue weighted by Crippen LogP contribution is -2.80. The second kappa shape index (κ2) is 5.33. The van der Waals surface area contributed by atoms with Crippen molar-refractivity contribution in [1.82, 2.24) is 24.7 Å². The van der Waals surface area contributed by atoms with Crippen molar-refractivity contribution in [3.63, 3.8) is 0 Å². The number of likely N-dealkylation sites (tertiary alicyclic amines) is 1. The van der Waals surface area contributed by atoms with E-state index in [9.17, 15) is 4.79 Å². The summed E-state index contributed by atoms with van der Waals surface area (Å²) >= 11 is 0. The Morgan fingerprint density at radius 2 is 2.36 bits per heavy atom. The average Bonchev–Trinajstić information content (AvgIpc) is 2.98. The molecule has 0 unspecified atom stereocenters. The van der Waals surface area contributed by atoms with Gasteiger partial charge in [-0.05, 0) is 0 Å². The van der Waals surface area contributed by atoms with Gasteiger partial charge < -0.3 is 14.6 Å². The minimum absolute atomic E-state index is 0.110. The third kappa shape index (κ3) is 2.33. The van der Waals surface area contributed by atoms with Crippen LogP contribution in [0.1, 0.15) is 12.6 Å². The molecule has 120 valence electrons. The summed E-state index contributed by atoms with van der Waals surface area (Å²) in [7, 11) is 0. The number of piperazine rings is 1. The zero-order valence-corrected chi connectivity index (χ0v) is 13.0. The van der Waals surface area contributed by atoms with Crippen LogP contribution in [0.2, 0.25) is 0 Å². The molecule has 4 heterocycles. The van der Waals surface area contributed by atoms with Crippen molar-refractivity contribution in [3.05, 3.63) is 18.2 Å². The number of nitrogens with zero attached hydrogens (tertiary/aromatic N) is 4. The first-order valence-electron chi connectivity index (χ1n) is 7.96. The van der Waals surface area contributed by atoms with E-state index in [0.717, 1.165) is 58.2 Å². The molecule has 3 saturated heterocycles. The number of morpholine rings is 1. The molecule has 4 rings (SSSR count). The molecule has 0 radical (unpaired) electrons. The molecule has 0 aromatic carbocycles. The molecule has 1 atom stereocenters. The van der Waals surface area contributed by atoms with Crippen LogP contribution in [0.15, 0.2) is 12.5 Å². The fourth-order valence-corrected chi connectivity index (χ4v) is 4.23. The maximum Gasteiger partial charge on any atom is 0.219 e. The quantitative estimate of drug-likeness (QED) is 0.800. The van der Waals surface area contributed by atoms with Crippen LogP contribution < -0.4 is 0 Å². The Morgan fingerprint density at radius 1 is 1.50 bits per heavy atom. The zero-order valence-electron chi connectivity index (χ0n) is 13.0. The van der Waals surface area contributed by atoms with E-state index in [4.69, 9.17) is 4.74 Å². The lowest BCUT2D eigenvalue weighted by molar-refractivity contribution is -0.175. The summed E-state index contributed by atoms with van der Waals surface area (Å²) < 4.78 is 5.63. The van der Waals surface area contributed by atoms with Gasteiger partial charge in [0.1, 0.15) is 0 Å². The van der Waals surface area contributed by atoms with Crippen molar-refractivity contribution in [1.29, 1.82) is 0 Å². The van der Waals surface area contributed by atoms with Gasteiger partial charge in [-0.1, -0.05) is 0 Å². The number of H-pyrrole nitrogens is 1. The lowest BCUT2D eigenvalue weighted by Gasteiger charge is -2.63. The van der Waals surface area contributed by atoms with Gasteiger partial charge in [-0.2, -0.15) is 0 Å². The summed E-state index contributed by atoms with van der Waals surface area (Å²) in [5.41, 5.74) is 1.26. The van der Waals surface area contributed by atoms with Gasteiger partial charge in [0.05, 0.1) is 31.1 Å². The molecule has 7 heteroatoms. The predicted molar refractivity (Wildman–Crippen MR) is 80.2 cm³/mol. The molecule has 3 aliphatic heterocycles. The van der Waals surface area contributed by atoms with Crippen LogP contribution in [0.25, 0.3) is 0 Å². The van der Waals surface area contributed by atoms with Gasteiger partial charge in [-0.15, -0.1) is 0 Å². The van der Waals surface area contributed by atoms with Gasteiger partial charge in [0.15, 0.2) is 0 Å². The monoisotopic (exact) mass is 305 g/mol. The molecule has 0 saturated carbocycles. The number of carbonyl (C=O) groups is 1. The molecule has 1 aromatic heterocycles. The van der Waals surface area contributed by atoms with Crippen LogP contribution in [-0.4, -0.2) is 88.1 Å².